The van der Waals surface area contributed by atoms with E-state index in [0.717, 1.165) is 11.6 Å². The van der Waals surface area contributed by atoms with Gasteiger partial charge in [-0.15, -0.1) is 0 Å². The minimum Gasteiger partial charge on any atom is -0.342 e. The van der Waals surface area contributed by atoms with Crippen molar-refractivity contribution in [1.29, 1.82) is 0 Å². The predicted molar refractivity (Wildman–Crippen MR) is 106 cm³/mol. The molecule has 1 heterocycles. The van der Waals surface area contributed by atoms with Gasteiger partial charge in [0.1, 0.15) is 12.1 Å². The van der Waals surface area contributed by atoms with Gasteiger partial charge in [0.2, 0.25) is 11.8 Å². The third kappa shape index (κ3) is 4.02. The summed E-state index contributed by atoms with van der Waals surface area (Å²) in [5, 5.41) is 13.7. The Labute approximate surface area is 171 Å². The van der Waals surface area contributed by atoms with Gasteiger partial charge in [-0.25, -0.2) is 0 Å². The molecule has 10 heteroatoms. The molecule has 0 fully saturated rings. The van der Waals surface area contributed by atoms with Crippen LogP contribution in [0, 0.1) is 10.1 Å². The Balaban J connectivity index is 1.72. The molecule has 3 rings (SSSR count). The lowest BCUT2D eigenvalue weighted by Crippen LogP contribution is -2.37. The zero-order chi connectivity index (χ0) is 22.0. The number of nitrogens with one attached hydrogen (secondary N) is 1. The number of benzene rings is 2. The van der Waals surface area contributed by atoms with Gasteiger partial charge in [0.15, 0.2) is 0 Å². The molecule has 0 atom stereocenters. The number of hydrogen-bond donors (Lipinski definition) is 1. The second-order valence-electron chi connectivity index (χ2n) is 6.78. The quantitative estimate of drug-likeness (QED) is 0.439. The third-order valence-electron chi connectivity index (χ3n) is 4.64. The fraction of sp³-hybridized carbons (Fsp3) is 0.200. The first-order chi connectivity index (χ1) is 14.2. The van der Waals surface area contributed by atoms with Gasteiger partial charge in [-0.3, -0.25) is 34.2 Å². The van der Waals surface area contributed by atoms with Crippen LogP contribution in [0.4, 0.5) is 11.4 Å². The highest BCUT2D eigenvalue weighted by atomic mass is 16.6. The highest BCUT2D eigenvalue weighted by Gasteiger charge is 2.41. The van der Waals surface area contributed by atoms with Crippen LogP contribution in [0.15, 0.2) is 42.5 Å². The number of nitrogens with zero attached hydrogens (tertiary/aromatic N) is 3. The van der Waals surface area contributed by atoms with Crippen molar-refractivity contribution in [2.75, 3.05) is 18.9 Å². The fourth-order valence-electron chi connectivity index (χ4n) is 3.09. The minimum absolute atomic E-state index is 0.101. The number of imide groups is 1. The Hall–Kier alpha value is -4.08. The number of rotatable bonds is 6. The predicted octanol–water partition coefficient (Wildman–Crippen LogP) is 1.81. The molecule has 0 saturated carbocycles. The van der Waals surface area contributed by atoms with Gasteiger partial charge in [-0.05, 0) is 23.8 Å². The minimum atomic E-state index is -0.880. The van der Waals surface area contributed by atoms with Crippen molar-refractivity contribution >= 4 is 35.0 Å². The van der Waals surface area contributed by atoms with Gasteiger partial charge in [-0.2, -0.15) is 0 Å². The van der Waals surface area contributed by atoms with Crippen molar-refractivity contribution in [3.05, 3.63) is 69.3 Å². The van der Waals surface area contributed by atoms with Crippen molar-refractivity contribution in [3.63, 3.8) is 0 Å². The van der Waals surface area contributed by atoms with Gasteiger partial charge in [0.05, 0.1) is 10.5 Å². The first-order valence-corrected chi connectivity index (χ1v) is 8.93. The molecule has 0 unspecified atom stereocenters. The highest BCUT2D eigenvalue weighted by Crippen LogP contribution is 2.30. The normalized spacial score (nSPS) is 12.5. The van der Waals surface area contributed by atoms with E-state index in [1.54, 1.807) is 31.3 Å². The number of nitro groups is 1. The van der Waals surface area contributed by atoms with Crippen molar-refractivity contribution in [2.45, 2.75) is 13.5 Å². The summed E-state index contributed by atoms with van der Waals surface area (Å²) in [5.41, 5.74) is 0.320. The molecule has 0 aromatic heterocycles. The number of fused-ring (bicyclic) bond motifs is 1. The molecule has 30 heavy (non-hydrogen) atoms. The second kappa shape index (κ2) is 8.11. The zero-order valence-electron chi connectivity index (χ0n) is 16.2. The molecule has 10 nitrogen and oxygen atoms in total. The number of carbonyl (C=O) groups is 4. The summed E-state index contributed by atoms with van der Waals surface area (Å²) in [4.78, 5) is 61.4. The van der Waals surface area contributed by atoms with Crippen LogP contribution in [-0.4, -0.2) is 51.9 Å². The summed E-state index contributed by atoms with van der Waals surface area (Å²) < 4.78 is 0. The molecule has 1 aliphatic heterocycles. The monoisotopic (exact) mass is 410 g/mol. The molecule has 1 N–H and O–H groups in total. The van der Waals surface area contributed by atoms with Crippen LogP contribution in [0.5, 0.6) is 0 Å². The summed E-state index contributed by atoms with van der Waals surface area (Å²) in [7, 11) is 1.65. The summed E-state index contributed by atoms with van der Waals surface area (Å²) in [6.45, 7) is 1.21. The van der Waals surface area contributed by atoms with E-state index in [0.29, 0.717) is 17.1 Å². The molecule has 2 aromatic rings. The lowest BCUT2D eigenvalue weighted by Gasteiger charge is -2.16. The SMILES string of the molecule is CC(=O)N(C)Cc1cccc(NC(=O)CN2C(=O)c3cccc([N+](=O)[O-])c3C2=O)c1. The number of anilines is 1. The van der Waals surface area contributed by atoms with E-state index in [-0.39, 0.29) is 17.0 Å². The molecular weight excluding hydrogens is 392 g/mol. The van der Waals surface area contributed by atoms with Gasteiger partial charge in [0.25, 0.3) is 17.5 Å². The van der Waals surface area contributed by atoms with E-state index in [1.165, 1.54) is 24.0 Å². The first kappa shape index (κ1) is 20.6. The molecular formula is C20H18N4O6. The van der Waals surface area contributed by atoms with E-state index in [2.05, 4.69) is 5.32 Å². The largest absolute Gasteiger partial charge is 0.342 e. The maximum absolute atomic E-state index is 12.5. The maximum Gasteiger partial charge on any atom is 0.282 e. The van der Waals surface area contributed by atoms with E-state index in [1.807, 2.05) is 0 Å². The number of nitro benzene ring substituents is 1. The maximum atomic E-state index is 12.5. The molecule has 2 aromatic carbocycles. The van der Waals surface area contributed by atoms with Gasteiger partial charge < -0.3 is 10.2 Å². The smallest absolute Gasteiger partial charge is 0.282 e. The summed E-state index contributed by atoms with van der Waals surface area (Å²) in [6.07, 6.45) is 0. The Kier molecular flexibility index (Phi) is 5.58. The van der Waals surface area contributed by atoms with Crippen molar-refractivity contribution < 1.29 is 24.1 Å². The van der Waals surface area contributed by atoms with E-state index >= 15 is 0 Å². The standard InChI is InChI=1S/C20H18N4O6/c1-12(25)22(2)10-13-5-3-6-14(9-13)21-17(26)11-23-19(27)15-7-4-8-16(24(29)30)18(15)20(23)28/h3-9H,10-11H2,1-2H3,(H,21,26). The zero-order valence-corrected chi connectivity index (χ0v) is 16.2. The topological polar surface area (TPSA) is 130 Å². The lowest BCUT2D eigenvalue weighted by molar-refractivity contribution is -0.385. The molecule has 0 saturated heterocycles. The summed E-state index contributed by atoms with van der Waals surface area (Å²) in [5.74, 6) is -2.38. The average Bonchev–Trinajstić information content (AvgIpc) is 2.93. The molecule has 0 aliphatic carbocycles. The van der Waals surface area contributed by atoms with Crippen LogP contribution < -0.4 is 5.32 Å². The molecule has 1 aliphatic rings. The average molecular weight is 410 g/mol. The second-order valence-corrected chi connectivity index (χ2v) is 6.78. The van der Waals surface area contributed by atoms with Crippen LogP contribution in [-0.2, 0) is 16.1 Å². The Morgan fingerprint density at radius 1 is 1.13 bits per heavy atom. The summed E-state index contributed by atoms with van der Waals surface area (Å²) >= 11 is 0. The molecule has 0 spiro atoms. The Bertz CT molecular complexity index is 1080. The molecule has 0 radical (unpaired) electrons. The van der Waals surface area contributed by atoms with E-state index < -0.39 is 34.9 Å². The summed E-state index contributed by atoms with van der Waals surface area (Å²) in [6, 6.07) is 10.6. The molecule has 0 bridgehead atoms. The van der Waals surface area contributed by atoms with Crippen LogP contribution in [0.2, 0.25) is 0 Å². The van der Waals surface area contributed by atoms with Crippen molar-refractivity contribution in [3.8, 4) is 0 Å². The Morgan fingerprint density at radius 2 is 1.83 bits per heavy atom. The fourth-order valence-corrected chi connectivity index (χ4v) is 3.09. The molecule has 4 amide bonds. The number of carbonyl (C=O) groups excluding carboxylic acids is 4. The van der Waals surface area contributed by atoms with Crippen LogP contribution >= 0.6 is 0 Å². The number of amides is 4. The lowest BCUT2D eigenvalue weighted by atomic mass is 10.1. The third-order valence-corrected chi connectivity index (χ3v) is 4.64. The van der Waals surface area contributed by atoms with Crippen molar-refractivity contribution in [1.82, 2.24) is 9.80 Å². The van der Waals surface area contributed by atoms with E-state index in [4.69, 9.17) is 0 Å². The Morgan fingerprint density at radius 3 is 2.50 bits per heavy atom. The highest BCUT2D eigenvalue weighted by molar-refractivity contribution is 6.24. The van der Waals surface area contributed by atoms with E-state index in [9.17, 15) is 29.3 Å². The van der Waals surface area contributed by atoms with Gasteiger partial charge >= 0.3 is 0 Å². The van der Waals surface area contributed by atoms with Gasteiger partial charge in [-0.1, -0.05) is 18.2 Å². The first-order valence-electron chi connectivity index (χ1n) is 8.93. The van der Waals surface area contributed by atoms with Crippen molar-refractivity contribution in [2.24, 2.45) is 0 Å². The number of hydrogen-bond acceptors (Lipinski definition) is 6. The van der Waals surface area contributed by atoms with Crippen LogP contribution in [0.25, 0.3) is 0 Å². The van der Waals surface area contributed by atoms with Crippen LogP contribution in [0.3, 0.4) is 0 Å². The van der Waals surface area contributed by atoms with Crippen LogP contribution in [0.1, 0.15) is 33.2 Å². The van der Waals surface area contributed by atoms with Gasteiger partial charge in [0, 0.05) is 32.3 Å². The molecule has 154 valence electrons.